The average molecular weight is 333 g/mol. The van der Waals surface area contributed by atoms with Gasteiger partial charge in [-0.3, -0.25) is 4.79 Å². The Morgan fingerprint density at radius 2 is 2.04 bits per heavy atom. The van der Waals surface area contributed by atoms with Crippen molar-refractivity contribution in [2.75, 3.05) is 13.7 Å². The fraction of sp³-hybridized carbons (Fsp3) is 0.238. The Kier molecular flexibility index (Phi) is 4.85. The molecule has 126 valence electrons. The van der Waals surface area contributed by atoms with Gasteiger partial charge in [-0.25, -0.2) is 0 Å². The van der Waals surface area contributed by atoms with E-state index in [1.165, 1.54) is 0 Å². The van der Waals surface area contributed by atoms with Crippen molar-refractivity contribution in [3.05, 3.63) is 64.2 Å². The number of rotatable bonds is 4. The zero-order valence-corrected chi connectivity index (χ0v) is 14.3. The fourth-order valence-electron chi connectivity index (χ4n) is 3.11. The number of benzene rings is 2. The van der Waals surface area contributed by atoms with Gasteiger partial charge in [0.2, 0.25) is 0 Å². The highest BCUT2D eigenvalue weighted by molar-refractivity contribution is 5.94. The van der Waals surface area contributed by atoms with E-state index in [2.05, 4.69) is 6.07 Å². The molecule has 0 radical (unpaired) electrons. The third kappa shape index (κ3) is 3.56. The lowest BCUT2D eigenvalue weighted by molar-refractivity contribution is -0.141. The molecule has 0 N–H and O–H groups in total. The highest BCUT2D eigenvalue weighted by atomic mass is 16.5. The predicted octanol–water partition coefficient (Wildman–Crippen LogP) is 3.96. The molecule has 0 saturated heterocycles. The summed E-state index contributed by atoms with van der Waals surface area (Å²) in [4.78, 5) is 12.0. The van der Waals surface area contributed by atoms with Crippen molar-refractivity contribution in [1.29, 1.82) is 5.26 Å². The van der Waals surface area contributed by atoms with Crippen molar-refractivity contribution in [1.82, 2.24) is 0 Å². The molecule has 0 saturated carbocycles. The van der Waals surface area contributed by atoms with Crippen molar-refractivity contribution < 1.29 is 14.3 Å². The van der Waals surface area contributed by atoms with Crippen molar-refractivity contribution in [2.45, 2.75) is 19.8 Å². The third-order valence-electron chi connectivity index (χ3n) is 4.28. The van der Waals surface area contributed by atoms with Gasteiger partial charge in [0.1, 0.15) is 5.75 Å². The normalized spacial score (nSPS) is 12.1. The van der Waals surface area contributed by atoms with E-state index >= 15 is 0 Å². The molecule has 0 fully saturated rings. The maximum Gasteiger partial charge on any atom is 0.310 e. The molecule has 0 aromatic heterocycles. The zero-order chi connectivity index (χ0) is 17.8. The van der Waals surface area contributed by atoms with Crippen LogP contribution in [0.15, 0.2) is 36.4 Å². The summed E-state index contributed by atoms with van der Waals surface area (Å²) in [6.07, 6.45) is 2.92. The second-order valence-electron chi connectivity index (χ2n) is 5.88. The first-order valence-corrected chi connectivity index (χ1v) is 8.21. The van der Waals surface area contributed by atoms with Crippen LogP contribution in [0, 0.1) is 11.3 Å². The van der Waals surface area contributed by atoms with Crippen LogP contribution in [-0.4, -0.2) is 19.7 Å². The van der Waals surface area contributed by atoms with Gasteiger partial charge in [-0.15, -0.1) is 0 Å². The summed E-state index contributed by atoms with van der Waals surface area (Å²) in [5, 5.41) is 9.21. The molecule has 2 aromatic carbocycles. The number of hydrogen-bond donors (Lipinski definition) is 0. The number of esters is 1. The monoisotopic (exact) mass is 333 g/mol. The molecule has 0 spiro atoms. The van der Waals surface area contributed by atoms with Gasteiger partial charge in [0, 0.05) is 0 Å². The molecule has 25 heavy (non-hydrogen) atoms. The van der Waals surface area contributed by atoms with Gasteiger partial charge in [-0.1, -0.05) is 18.2 Å². The molecule has 3 rings (SSSR count). The minimum atomic E-state index is -0.249. The summed E-state index contributed by atoms with van der Waals surface area (Å²) in [7, 11) is 1.64. The lowest BCUT2D eigenvalue weighted by atomic mass is 9.94. The summed E-state index contributed by atoms with van der Waals surface area (Å²) in [6, 6.07) is 13.7. The first-order valence-electron chi connectivity index (χ1n) is 8.21. The van der Waals surface area contributed by atoms with Crippen LogP contribution in [0.5, 0.6) is 5.75 Å². The number of carbonyl (C=O) groups excluding carboxylic acids is 1. The molecule has 1 aliphatic rings. The van der Waals surface area contributed by atoms with E-state index < -0.39 is 0 Å². The molecule has 0 amide bonds. The van der Waals surface area contributed by atoms with Gasteiger partial charge in [0.15, 0.2) is 0 Å². The number of fused-ring (bicyclic) bond motifs is 2. The van der Waals surface area contributed by atoms with Crippen LogP contribution in [0.4, 0.5) is 0 Å². The minimum absolute atomic E-state index is 0.207. The number of carbonyl (C=O) groups is 1. The second kappa shape index (κ2) is 7.23. The maximum absolute atomic E-state index is 12.0. The SMILES string of the molecule is CCOC(=O)CC1=Cc2ccc(OC)cc2Cc2cc(C#N)ccc21. The van der Waals surface area contributed by atoms with Crippen molar-refractivity contribution in [3.63, 3.8) is 0 Å². The highest BCUT2D eigenvalue weighted by Gasteiger charge is 2.19. The van der Waals surface area contributed by atoms with E-state index in [-0.39, 0.29) is 12.4 Å². The molecule has 0 atom stereocenters. The first kappa shape index (κ1) is 16.8. The molecular formula is C21H19NO3. The van der Waals surface area contributed by atoms with Crippen LogP contribution in [0.3, 0.4) is 0 Å². The van der Waals surface area contributed by atoms with Crippen LogP contribution in [0.1, 0.15) is 41.2 Å². The predicted molar refractivity (Wildman–Crippen MR) is 96.1 cm³/mol. The quantitative estimate of drug-likeness (QED) is 0.795. The molecule has 2 aromatic rings. The summed E-state index contributed by atoms with van der Waals surface area (Å²) in [5.74, 6) is 0.542. The average Bonchev–Trinajstić information content (AvgIpc) is 2.76. The van der Waals surface area contributed by atoms with Crippen LogP contribution in [0.2, 0.25) is 0 Å². The Labute approximate surface area is 147 Å². The van der Waals surface area contributed by atoms with Gasteiger partial charge in [0.05, 0.1) is 31.8 Å². The van der Waals surface area contributed by atoms with E-state index in [0.29, 0.717) is 18.6 Å². The van der Waals surface area contributed by atoms with Crippen LogP contribution in [-0.2, 0) is 16.0 Å². The van der Waals surface area contributed by atoms with Crippen LogP contribution >= 0.6 is 0 Å². The standard InChI is InChI=1S/C21H19NO3/c1-3-25-21(23)12-18-9-15-5-6-19(24-2)11-16(15)10-17-8-14(13-22)4-7-20(17)18/h4-9,11H,3,10,12H2,1-2H3. The number of methoxy groups -OCH3 is 1. The second-order valence-corrected chi connectivity index (χ2v) is 5.88. The van der Waals surface area contributed by atoms with Crippen molar-refractivity contribution >= 4 is 17.6 Å². The Balaban J connectivity index is 2.12. The molecular weight excluding hydrogens is 314 g/mol. The third-order valence-corrected chi connectivity index (χ3v) is 4.28. The number of hydrogen-bond acceptors (Lipinski definition) is 4. The van der Waals surface area contributed by atoms with Gasteiger partial charge < -0.3 is 9.47 Å². The molecule has 4 heteroatoms. The van der Waals surface area contributed by atoms with E-state index in [4.69, 9.17) is 9.47 Å². The lowest BCUT2D eigenvalue weighted by Crippen LogP contribution is -2.05. The van der Waals surface area contributed by atoms with Gasteiger partial charge >= 0.3 is 5.97 Å². The van der Waals surface area contributed by atoms with E-state index in [0.717, 1.165) is 33.6 Å². The Hall–Kier alpha value is -3.06. The summed E-state index contributed by atoms with van der Waals surface area (Å²) < 4.78 is 10.4. The van der Waals surface area contributed by atoms with Gasteiger partial charge in [-0.05, 0) is 65.4 Å². The Morgan fingerprint density at radius 3 is 2.76 bits per heavy atom. The molecule has 0 bridgehead atoms. The smallest absolute Gasteiger partial charge is 0.310 e. The Bertz CT molecular complexity index is 890. The fourth-order valence-corrected chi connectivity index (χ4v) is 3.11. The number of nitriles is 1. The van der Waals surface area contributed by atoms with Crippen LogP contribution < -0.4 is 4.74 Å². The highest BCUT2D eigenvalue weighted by Crippen LogP contribution is 2.34. The number of ether oxygens (including phenoxy) is 2. The molecule has 4 nitrogen and oxygen atoms in total. The van der Waals surface area contributed by atoms with E-state index in [1.54, 1.807) is 20.1 Å². The van der Waals surface area contributed by atoms with Gasteiger partial charge in [-0.2, -0.15) is 5.26 Å². The lowest BCUT2D eigenvalue weighted by Gasteiger charge is -2.11. The largest absolute Gasteiger partial charge is 0.497 e. The Morgan fingerprint density at radius 1 is 1.20 bits per heavy atom. The zero-order valence-electron chi connectivity index (χ0n) is 14.3. The maximum atomic E-state index is 12.0. The summed E-state index contributed by atoms with van der Waals surface area (Å²) in [5.41, 5.74) is 5.69. The number of nitrogens with zero attached hydrogens (tertiary/aromatic N) is 1. The van der Waals surface area contributed by atoms with Crippen LogP contribution in [0.25, 0.3) is 11.6 Å². The van der Waals surface area contributed by atoms with Gasteiger partial charge in [0.25, 0.3) is 0 Å². The molecule has 0 heterocycles. The first-order chi connectivity index (χ1) is 12.1. The minimum Gasteiger partial charge on any atom is -0.497 e. The molecule has 0 unspecified atom stereocenters. The molecule has 0 aliphatic heterocycles. The van der Waals surface area contributed by atoms with Crippen molar-refractivity contribution in [2.24, 2.45) is 0 Å². The topological polar surface area (TPSA) is 59.3 Å². The molecule has 1 aliphatic carbocycles. The summed E-state index contributed by atoms with van der Waals surface area (Å²) in [6.45, 7) is 2.16. The van der Waals surface area contributed by atoms with Crippen molar-refractivity contribution in [3.8, 4) is 11.8 Å². The van der Waals surface area contributed by atoms with E-state index in [9.17, 15) is 10.1 Å². The van der Waals surface area contributed by atoms with E-state index in [1.807, 2.05) is 36.4 Å². The summed E-state index contributed by atoms with van der Waals surface area (Å²) >= 11 is 0.